The highest BCUT2D eigenvalue weighted by Crippen LogP contribution is 2.17. The molecule has 1 heterocycles. The Hall–Kier alpha value is -1.63. The van der Waals surface area contributed by atoms with Gasteiger partial charge in [-0.15, -0.1) is 11.3 Å². The summed E-state index contributed by atoms with van der Waals surface area (Å²) in [6.45, 7) is 4.94. The molecule has 1 N–H and O–H groups in total. The van der Waals surface area contributed by atoms with Crippen LogP contribution < -0.4 is 5.32 Å². The summed E-state index contributed by atoms with van der Waals surface area (Å²) in [6.07, 6.45) is 0.656. The van der Waals surface area contributed by atoms with Crippen LogP contribution in [0.5, 0.6) is 0 Å². The summed E-state index contributed by atoms with van der Waals surface area (Å²) in [4.78, 5) is 18.8. The molecule has 0 radical (unpaired) electrons. The number of aryl methyl sites for hydroxylation is 1. The van der Waals surface area contributed by atoms with Gasteiger partial charge in [0, 0.05) is 16.8 Å². The summed E-state index contributed by atoms with van der Waals surface area (Å²) < 4.78 is 5.03. The van der Waals surface area contributed by atoms with Crippen molar-refractivity contribution in [2.75, 3.05) is 19.7 Å². The lowest BCUT2D eigenvalue weighted by molar-refractivity contribution is -0.145. The molecule has 1 atom stereocenters. The first kappa shape index (κ1) is 15.4. The van der Waals surface area contributed by atoms with E-state index in [-0.39, 0.29) is 5.97 Å². The summed E-state index contributed by atoms with van der Waals surface area (Å²) in [6, 6.07) is -0.559. The number of aromatic nitrogens is 1. The van der Waals surface area contributed by atoms with E-state index in [1.54, 1.807) is 6.92 Å². The molecule has 1 aromatic heterocycles. The van der Waals surface area contributed by atoms with Crippen LogP contribution in [-0.2, 0) is 9.53 Å². The van der Waals surface area contributed by atoms with Gasteiger partial charge in [0.2, 0.25) is 0 Å². The number of nitrogens with zero attached hydrogens (tertiary/aromatic N) is 4. The van der Waals surface area contributed by atoms with Crippen molar-refractivity contribution in [3.63, 3.8) is 0 Å². The van der Waals surface area contributed by atoms with Crippen molar-refractivity contribution in [2.24, 2.45) is 5.11 Å². The van der Waals surface area contributed by atoms with E-state index in [0.717, 1.165) is 5.01 Å². The highest BCUT2D eigenvalue weighted by Gasteiger charge is 2.23. The maximum atomic E-state index is 11.9. The zero-order valence-corrected chi connectivity index (χ0v) is 11.8. The van der Waals surface area contributed by atoms with Gasteiger partial charge in [-0.25, -0.2) is 9.78 Å². The second kappa shape index (κ2) is 8.47. The molecule has 0 aromatic carbocycles. The highest BCUT2D eigenvalue weighted by atomic mass is 32.1. The minimum absolute atomic E-state index is 0.332. The molecule has 0 aliphatic heterocycles. The topological polar surface area (TPSA) is 100.0 Å². The lowest BCUT2D eigenvalue weighted by Crippen LogP contribution is -2.31. The number of ether oxygens (including phenoxy) is 1. The first-order chi connectivity index (χ1) is 9.19. The van der Waals surface area contributed by atoms with Crippen LogP contribution in [0.25, 0.3) is 10.4 Å². The first-order valence-electron chi connectivity index (χ1n) is 6.02. The zero-order chi connectivity index (χ0) is 14.1. The fourth-order valence-corrected chi connectivity index (χ4v) is 2.13. The van der Waals surface area contributed by atoms with Gasteiger partial charge in [0.15, 0.2) is 0 Å². The number of nitrogens with one attached hydrogen (secondary N) is 1. The van der Waals surface area contributed by atoms with Gasteiger partial charge in [-0.1, -0.05) is 5.11 Å². The summed E-state index contributed by atoms with van der Waals surface area (Å²) in [7, 11) is 0. The molecule has 1 aromatic rings. The minimum atomic E-state index is -0.559. The number of thiazole rings is 1. The summed E-state index contributed by atoms with van der Waals surface area (Å²) in [5.41, 5.74) is 8.84. The fraction of sp³-hybridized carbons (Fsp3) is 0.636. The molecule has 7 nitrogen and oxygen atoms in total. The van der Waals surface area contributed by atoms with Gasteiger partial charge in [0.05, 0.1) is 17.3 Å². The van der Waals surface area contributed by atoms with E-state index in [2.05, 4.69) is 20.3 Å². The predicted octanol–water partition coefficient (Wildman–Crippen LogP) is 2.35. The number of carbonyl (C=O) groups excluding carboxylic acids is 1. The molecular weight excluding hydrogens is 266 g/mol. The fourth-order valence-electron chi connectivity index (χ4n) is 1.49. The molecule has 104 valence electrons. The molecule has 0 aliphatic rings. The molecule has 0 saturated heterocycles. The average Bonchev–Trinajstić information content (AvgIpc) is 2.80. The third kappa shape index (κ3) is 5.25. The van der Waals surface area contributed by atoms with Crippen LogP contribution in [0.2, 0.25) is 0 Å². The number of rotatable bonds is 8. The van der Waals surface area contributed by atoms with Gasteiger partial charge in [-0.3, -0.25) is 5.32 Å². The first-order valence-corrected chi connectivity index (χ1v) is 6.90. The maximum absolute atomic E-state index is 11.9. The Morgan fingerprint density at radius 2 is 2.53 bits per heavy atom. The van der Waals surface area contributed by atoms with E-state index in [0.29, 0.717) is 31.8 Å². The van der Waals surface area contributed by atoms with E-state index in [1.165, 1.54) is 11.3 Å². The van der Waals surface area contributed by atoms with Gasteiger partial charge < -0.3 is 4.74 Å². The van der Waals surface area contributed by atoms with E-state index in [4.69, 9.17) is 10.3 Å². The molecular formula is C11H17N5O2S. The molecule has 0 spiro atoms. The Kier molecular flexibility index (Phi) is 6.88. The lowest BCUT2D eigenvalue weighted by atomic mass is 10.2. The third-order valence-electron chi connectivity index (χ3n) is 2.30. The van der Waals surface area contributed by atoms with E-state index < -0.39 is 6.04 Å². The van der Waals surface area contributed by atoms with Crippen molar-refractivity contribution in [1.82, 2.24) is 10.3 Å². The van der Waals surface area contributed by atoms with Crippen molar-refractivity contribution in [2.45, 2.75) is 26.3 Å². The molecule has 0 aliphatic carbocycles. The monoisotopic (exact) mass is 283 g/mol. The molecule has 0 amide bonds. The van der Waals surface area contributed by atoms with Crippen LogP contribution in [0.15, 0.2) is 10.5 Å². The normalized spacial score (nSPS) is 11.7. The van der Waals surface area contributed by atoms with Gasteiger partial charge in [-0.2, -0.15) is 0 Å². The number of azide groups is 1. The quantitative estimate of drug-likeness (QED) is 0.260. The number of esters is 1. The van der Waals surface area contributed by atoms with Crippen molar-refractivity contribution < 1.29 is 9.53 Å². The van der Waals surface area contributed by atoms with Crippen LogP contribution in [0, 0.1) is 6.92 Å². The third-order valence-corrected chi connectivity index (χ3v) is 3.09. The summed E-state index contributed by atoms with van der Waals surface area (Å²) in [5, 5.41) is 9.26. The van der Waals surface area contributed by atoms with Crippen LogP contribution in [-0.4, -0.2) is 30.6 Å². The minimum Gasteiger partial charge on any atom is -0.465 e. The van der Waals surface area contributed by atoms with E-state index in [9.17, 15) is 4.79 Å². The summed E-state index contributed by atoms with van der Waals surface area (Å²) >= 11 is 1.49. The largest absolute Gasteiger partial charge is 0.465 e. The predicted molar refractivity (Wildman–Crippen MR) is 72.9 cm³/mol. The van der Waals surface area contributed by atoms with Crippen molar-refractivity contribution >= 4 is 17.3 Å². The molecule has 19 heavy (non-hydrogen) atoms. The second-order valence-electron chi connectivity index (χ2n) is 3.74. The Morgan fingerprint density at radius 3 is 3.11 bits per heavy atom. The molecule has 1 rings (SSSR count). The van der Waals surface area contributed by atoms with Crippen LogP contribution in [0.1, 0.15) is 30.1 Å². The van der Waals surface area contributed by atoms with Gasteiger partial charge >= 0.3 is 5.97 Å². The zero-order valence-electron chi connectivity index (χ0n) is 11.0. The highest BCUT2D eigenvalue weighted by molar-refractivity contribution is 7.09. The Bertz CT molecular complexity index is 456. The van der Waals surface area contributed by atoms with E-state index in [1.807, 2.05) is 12.3 Å². The van der Waals surface area contributed by atoms with Crippen molar-refractivity contribution in [3.8, 4) is 0 Å². The summed E-state index contributed by atoms with van der Waals surface area (Å²) in [5.74, 6) is -0.336. The molecule has 8 heteroatoms. The van der Waals surface area contributed by atoms with Gasteiger partial charge in [0.1, 0.15) is 6.04 Å². The van der Waals surface area contributed by atoms with Gasteiger partial charge in [0.25, 0.3) is 0 Å². The SMILES string of the molecule is CCOC(=O)C(NCCCN=[N+]=[N-])c1csc(C)n1. The second-order valence-corrected chi connectivity index (χ2v) is 4.80. The van der Waals surface area contributed by atoms with Crippen LogP contribution in [0.3, 0.4) is 0 Å². The Labute approximate surface area is 115 Å². The maximum Gasteiger partial charge on any atom is 0.329 e. The standard InChI is InChI=1S/C11H17N5O2S/c1-3-18-11(17)10(9-7-19-8(2)15-9)13-5-4-6-14-16-12/h7,10,13H,3-6H2,1-2H3. The molecule has 0 bridgehead atoms. The molecule has 1 unspecified atom stereocenters. The number of hydrogen-bond acceptors (Lipinski definition) is 6. The lowest BCUT2D eigenvalue weighted by Gasteiger charge is -2.15. The molecule has 0 saturated carbocycles. The average molecular weight is 283 g/mol. The van der Waals surface area contributed by atoms with Gasteiger partial charge in [-0.05, 0) is 32.3 Å². The smallest absolute Gasteiger partial charge is 0.329 e. The Balaban J connectivity index is 2.59. The Morgan fingerprint density at radius 1 is 1.74 bits per heavy atom. The number of hydrogen-bond donors (Lipinski definition) is 1. The van der Waals surface area contributed by atoms with E-state index >= 15 is 0 Å². The number of carbonyl (C=O) groups is 1. The molecule has 0 fully saturated rings. The van der Waals surface area contributed by atoms with Crippen LogP contribution in [0.4, 0.5) is 0 Å². The van der Waals surface area contributed by atoms with Crippen LogP contribution >= 0.6 is 11.3 Å². The van der Waals surface area contributed by atoms with Crippen molar-refractivity contribution in [1.29, 1.82) is 0 Å². The van der Waals surface area contributed by atoms with Crippen molar-refractivity contribution in [3.05, 3.63) is 26.5 Å².